The first-order valence-corrected chi connectivity index (χ1v) is 7.31. The molecule has 1 aromatic carbocycles. The summed E-state index contributed by atoms with van der Waals surface area (Å²) in [5.41, 5.74) is 8.90. The Kier molecular flexibility index (Phi) is 3.01. The van der Waals surface area contributed by atoms with Gasteiger partial charge in [0.1, 0.15) is 5.75 Å². The van der Waals surface area contributed by atoms with E-state index in [-0.39, 0.29) is 6.79 Å². The van der Waals surface area contributed by atoms with Crippen LogP contribution >= 0.6 is 11.6 Å². The lowest BCUT2D eigenvalue weighted by molar-refractivity contribution is -0.0171. The molecule has 2 heterocycles. The second-order valence-electron chi connectivity index (χ2n) is 5.46. The Morgan fingerprint density at radius 1 is 1.38 bits per heavy atom. The fourth-order valence-electron chi connectivity index (χ4n) is 2.76. The fraction of sp³-hybridized carbons (Fsp3) is 0.429. The van der Waals surface area contributed by atoms with Crippen molar-refractivity contribution in [3.8, 4) is 5.75 Å². The molecule has 21 heavy (non-hydrogen) atoms. The van der Waals surface area contributed by atoms with E-state index in [2.05, 4.69) is 10.3 Å². The number of nitrogens with zero attached hydrogens (tertiary/aromatic N) is 3. The van der Waals surface area contributed by atoms with Gasteiger partial charge in [0.2, 0.25) is 0 Å². The standard InChI is InChI=1S/C14H15ClN4O2/c15-11-3-9(13-10(4-11)6-20-7-21-13)5-19-12(8-1-2-8)14(16)17-18-19/h3-4,8H,1-2,5-7,16H2. The first-order valence-electron chi connectivity index (χ1n) is 6.93. The summed E-state index contributed by atoms with van der Waals surface area (Å²) in [6, 6.07) is 3.78. The van der Waals surface area contributed by atoms with Gasteiger partial charge in [-0.05, 0) is 25.0 Å². The van der Waals surface area contributed by atoms with Crippen molar-refractivity contribution < 1.29 is 9.47 Å². The molecule has 0 saturated heterocycles. The van der Waals surface area contributed by atoms with Gasteiger partial charge in [0, 0.05) is 22.1 Å². The van der Waals surface area contributed by atoms with E-state index >= 15 is 0 Å². The number of benzene rings is 1. The Morgan fingerprint density at radius 2 is 2.24 bits per heavy atom. The molecule has 0 bridgehead atoms. The van der Waals surface area contributed by atoms with Gasteiger partial charge in [-0.2, -0.15) is 0 Å². The van der Waals surface area contributed by atoms with Crippen LogP contribution in [-0.4, -0.2) is 21.8 Å². The molecular weight excluding hydrogens is 292 g/mol. The summed E-state index contributed by atoms with van der Waals surface area (Å²) in [5.74, 6) is 1.85. The fourth-order valence-corrected chi connectivity index (χ4v) is 3.03. The summed E-state index contributed by atoms with van der Waals surface area (Å²) in [6.45, 7) is 1.33. The Bertz CT molecular complexity index is 697. The van der Waals surface area contributed by atoms with Gasteiger partial charge in [-0.3, -0.25) is 0 Å². The SMILES string of the molecule is Nc1nnn(Cc2cc(Cl)cc3c2OCOC3)c1C1CC1. The van der Waals surface area contributed by atoms with Crippen LogP contribution in [0.15, 0.2) is 12.1 Å². The molecule has 2 aliphatic rings. The number of fused-ring (bicyclic) bond motifs is 1. The van der Waals surface area contributed by atoms with Gasteiger partial charge >= 0.3 is 0 Å². The molecule has 2 N–H and O–H groups in total. The van der Waals surface area contributed by atoms with Gasteiger partial charge in [0.25, 0.3) is 0 Å². The zero-order valence-corrected chi connectivity index (χ0v) is 12.1. The predicted octanol–water partition coefficient (Wildman–Crippen LogP) is 2.31. The van der Waals surface area contributed by atoms with Crippen molar-refractivity contribution in [2.45, 2.75) is 31.9 Å². The third-order valence-corrected chi connectivity index (χ3v) is 4.06. The minimum Gasteiger partial charge on any atom is -0.467 e. The van der Waals surface area contributed by atoms with Crippen LogP contribution in [0.1, 0.15) is 35.6 Å². The van der Waals surface area contributed by atoms with Gasteiger partial charge in [-0.25, -0.2) is 4.68 Å². The molecule has 1 aromatic heterocycles. The quantitative estimate of drug-likeness (QED) is 0.941. The Balaban J connectivity index is 1.73. The lowest BCUT2D eigenvalue weighted by Gasteiger charge is -2.21. The van der Waals surface area contributed by atoms with Crippen molar-refractivity contribution in [3.63, 3.8) is 0 Å². The Labute approximate surface area is 126 Å². The van der Waals surface area contributed by atoms with Crippen molar-refractivity contribution in [1.29, 1.82) is 0 Å². The van der Waals surface area contributed by atoms with E-state index in [1.54, 1.807) is 0 Å². The van der Waals surface area contributed by atoms with Crippen molar-refractivity contribution in [2.75, 3.05) is 12.5 Å². The number of nitrogens with two attached hydrogens (primary N) is 1. The lowest BCUT2D eigenvalue weighted by atomic mass is 10.1. The van der Waals surface area contributed by atoms with E-state index in [0.717, 1.165) is 35.4 Å². The normalized spacial score (nSPS) is 17.4. The van der Waals surface area contributed by atoms with Crippen LogP contribution in [0.25, 0.3) is 0 Å². The third-order valence-electron chi connectivity index (χ3n) is 3.84. The maximum atomic E-state index is 6.19. The smallest absolute Gasteiger partial charge is 0.189 e. The maximum Gasteiger partial charge on any atom is 0.189 e. The number of rotatable bonds is 3. The van der Waals surface area contributed by atoms with Gasteiger partial charge in [-0.1, -0.05) is 16.8 Å². The molecule has 1 fully saturated rings. The molecule has 1 aliphatic heterocycles. The number of nitrogen functional groups attached to an aromatic ring is 1. The summed E-state index contributed by atoms with van der Waals surface area (Å²) in [5, 5.41) is 8.83. The Hall–Kier alpha value is -1.79. The van der Waals surface area contributed by atoms with Crippen LogP contribution in [0.3, 0.4) is 0 Å². The summed E-state index contributed by atoms with van der Waals surface area (Å²) in [7, 11) is 0. The van der Waals surface area contributed by atoms with Crippen LogP contribution in [-0.2, 0) is 17.9 Å². The van der Waals surface area contributed by atoms with E-state index in [0.29, 0.717) is 29.9 Å². The van der Waals surface area contributed by atoms with Gasteiger partial charge in [0.05, 0.1) is 18.8 Å². The number of anilines is 1. The number of aromatic nitrogens is 3. The average molecular weight is 307 g/mol. The topological polar surface area (TPSA) is 75.2 Å². The minimum absolute atomic E-state index is 0.261. The van der Waals surface area contributed by atoms with Crippen LogP contribution in [0.5, 0.6) is 5.75 Å². The summed E-state index contributed by atoms with van der Waals surface area (Å²) < 4.78 is 12.8. The van der Waals surface area contributed by atoms with Crippen molar-refractivity contribution in [1.82, 2.24) is 15.0 Å². The lowest BCUT2D eigenvalue weighted by Crippen LogP contribution is -2.15. The van der Waals surface area contributed by atoms with E-state index in [1.165, 1.54) is 0 Å². The first kappa shape index (κ1) is 12.9. The highest BCUT2D eigenvalue weighted by Crippen LogP contribution is 2.42. The molecule has 0 radical (unpaired) electrons. The number of hydrogen-bond acceptors (Lipinski definition) is 5. The van der Waals surface area contributed by atoms with Gasteiger partial charge < -0.3 is 15.2 Å². The second-order valence-corrected chi connectivity index (χ2v) is 5.89. The van der Waals surface area contributed by atoms with Crippen molar-refractivity contribution in [2.24, 2.45) is 0 Å². The Morgan fingerprint density at radius 3 is 3.05 bits per heavy atom. The molecular formula is C14H15ClN4O2. The zero-order valence-electron chi connectivity index (χ0n) is 11.4. The molecule has 0 atom stereocenters. The second kappa shape index (κ2) is 4.89. The highest BCUT2D eigenvalue weighted by Gasteiger charge is 2.31. The van der Waals surface area contributed by atoms with Crippen LogP contribution < -0.4 is 10.5 Å². The molecule has 0 unspecified atom stereocenters. The molecule has 4 rings (SSSR count). The van der Waals surface area contributed by atoms with E-state index in [9.17, 15) is 0 Å². The van der Waals surface area contributed by atoms with Crippen LogP contribution in [0, 0.1) is 0 Å². The molecule has 0 amide bonds. The monoisotopic (exact) mass is 306 g/mol. The molecule has 2 aromatic rings. The number of hydrogen-bond donors (Lipinski definition) is 1. The predicted molar refractivity (Wildman–Crippen MR) is 77.2 cm³/mol. The summed E-state index contributed by atoms with van der Waals surface area (Å²) in [4.78, 5) is 0. The zero-order chi connectivity index (χ0) is 14.4. The van der Waals surface area contributed by atoms with E-state index in [4.69, 9.17) is 26.8 Å². The maximum absolute atomic E-state index is 6.19. The molecule has 1 aliphatic carbocycles. The largest absolute Gasteiger partial charge is 0.467 e. The highest BCUT2D eigenvalue weighted by atomic mass is 35.5. The summed E-state index contributed by atoms with van der Waals surface area (Å²) in [6.07, 6.45) is 2.30. The molecule has 6 nitrogen and oxygen atoms in total. The van der Waals surface area contributed by atoms with Crippen molar-refractivity contribution in [3.05, 3.63) is 34.0 Å². The number of halogens is 1. The molecule has 110 valence electrons. The molecule has 0 spiro atoms. The van der Waals surface area contributed by atoms with Crippen molar-refractivity contribution >= 4 is 17.4 Å². The first-order chi connectivity index (χ1) is 10.2. The van der Waals surface area contributed by atoms with Crippen LogP contribution in [0.2, 0.25) is 5.02 Å². The van der Waals surface area contributed by atoms with E-state index < -0.39 is 0 Å². The molecule has 7 heteroatoms. The highest BCUT2D eigenvalue weighted by molar-refractivity contribution is 6.30. The average Bonchev–Trinajstić information content (AvgIpc) is 3.23. The molecule has 1 saturated carbocycles. The number of ether oxygens (including phenoxy) is 2. The summed E-state index contributed by atoms with van der Waals surface area (Å²) >= 11 is 6.19. The van der Waals surface area contributed by atoms with Gasteiger partial charge in [0.15, 0.2) is 12.6 Å². The van der Waals surface area contributed by atoms with Crippen LogP contribution in [0.4, 0.5) is 5.82 Å². The van der Waals surface area contributed by atoms with Gasteiger partial charge in [-0.15, -0.1) is 5.10 Å². The third kappa shape index (κ3) is 2.34. The minimum atomic E-state index is 0.261. The van der Waals surface area contributed by atoms with E-state index in [1.807, 2.05) is 16.8 Å².